The van der Waals surface area contributed by atoms with Crippen LogP contribution in [-0.4, -0.2) is 10.2 Å². The third-order valence-corrected chi connectivity index (χ3v) is 5.51. The molecule has 0 heterocycles. The number of hydrogen-bond acceptors (Lipinski definition) is 2. The summed E-state index contributed by atoms with van der Waals surface area (Å²) in [5.74, 6) is 2.00. The highest BCUT2D eigenvalue weighted by Crippen LogP contribution is 2.49. The fourth-order valence-electron chi connectivity index (χ4n) is 3.86. The van der Waals surface area contributed by atoms with Crippen LogP contribution in [0.25, 0.3) is 0 Å². The second kappa shape index (κ2) is 5.68. The summed E-state index contributed by atoms with van der Waals surface area (Å²) in [5.41, 5.74) is 2.50. The molecule has 2 heteroatoms. The van der Waals surface area contributed by atoms with Crippen molar-refractivity contribution in [2.75, 3.05) is 0 Å². The summed E-state index contributed by atoms with van der Waals surface area (Å²) in [6, 6.07) is 15.3. The van der Waals surface area contributed by atoms with Gasteiger partial charge in [0.15, 0.2) is 0 Å². The van der Waals surface area contributed by atoms with Gasteiger partial charge in [-0.25, -0.2) is 0 Å². The first-order chi connectivity index (χ1) is 10.5. The third kappa shape index (κ3) is 2.58. The van der Waals surface area contributed by atoms with E-state index in [9.17, 15) is 10.2 Å². The molecule has 2 aromatic carbocycles. The van der Waals surface area contributed by atoms with Crippen LogP contribution >= 0.6 is 0 Å². The predicted octanol–water partition coefficient (Wildman–Crippen LogP) is 4.84. The van der Waals surface area contributed by atoms with Gasteiger partial charge in [0.1, 0.15) is 11.5 Å². The fraction of sp³-hybridized carbons (Fsp3) is 0.400. The fourth-order valence-corrected chi connectivity index (χ4v) is 3.86. The Hall–Kier alpha value is -1.96. The van der Waals surface area contributed by atoms with E-state index in [1.807, 2.05) is 24.3 Å². The lowest BCUT2D eigenvalue weighted by Crippen LogP contribution is -2.36. The zero-order chi connectivity index (χ0) is 15.7. The zero-order valence-electron chi connectivity index (χ0n) is 13.3. The average Bonchev–Trinajstić information content (AvgIpc) is 2.52. The molecule has 1 saturated carbocycles. The molecular weight excluding hydrogens is 272 g/mol. The molecule has 2 nitrogen and oxygen atoms in total. The van der Waals surface area contributed by atoms with Gasteiger partial charge < -0.3 is 10.2 Å². The van der Waals surface area contributed by atoms with Gasteiger partial charge in [0.25, 0.3) is 0 Å². The summed E-state index contributed by atoms with van der Waals surface area (Å²) in [7, 11) is 0. The second-order valence-corrected chi connectivity index (χ2v) is 6.87. The molecule has 0 unspecified atom stereocenters. The van der Waals surface area contributed by atoms with Crippen molar-refractivity contribution in [3.8, 4) is 11.5 Å². The van der Waals surface area contributed by atoms with Crippen molar-refractivity contribution < 1.29 is 10.2 Å². The predicted molar refractivity (Wildman–Crippen MR) is 89.2 cm³/mol. The van der Waals surface area contributed by atoms with Crippen molar-refractivity contribution in [1.29, 1.82) is 0 Å². The van der Waals surface area contributed by atoms with Crippen LogP contribution in [0.3, 0.4) is 0 Å². The Kier molecular flexibility index (Phi) is 3.86. The van der Waals surface area contributed by atoms with Crippen LogP contribution in [0, 0.1) is 11.8 Å². The van der Waals surface area contributed by atoms with Crippen LogP contribution in [0.1, 0.15) is 44.2 Å². The molecule has 116 valence electrons. The zero-order valence-corrected chi connectivity index (χ0v) is 13.3. The normalized spacial score (nSPS) is 24.1. The van der Waals surface area contributed by atoms with Crippen molar-refractivity contribution in [1.82, 2.24) is 0 Å². The highest BCUT2D eigenvalue weighted by atomic mass is 16.3. The van der Waals surface area contributed by atoms with Gasteiger partial charge in [-0.1, -0.05) is 38.1 Å². The van der Waals surface area contributed by atoms with Gasteiger partial charge in [-0.05, 0) is 66.5 Å². The highest BCUT2D eigenvalue weighted by Gasteiger charge is 2.40. The van der Waals surface area contributed by atoms with E-state index >= 15 is 0 Å². The van der Waals surface area contributed by atoms with Crippen molar-refractivity contribution in [3.63, 3.8) is 0 Å². The first-order valence-corrected chi connectivity index (χ1v) is 8.10. The van der Waals surface area contributed by atoms with Gasteiger partial charge in [0, 0.05) is 5.41 Å². The number of hydrogen-bond donors (Lipinski definition) is 2. The van der Waals surface area contributed by atoms with E-state index in [1.165, 1.54) is 17.5 Å². The van der Waals surface area contributed by atoms with Gasteiger partial charge >= 0.3 is 0 Å². The monoisotopic (exact) mass is 296 g/mol. The molecule has 0 aliphatic heterocycles. The van der Waals surface area contributed by atoms with E-state index in [0.29, 0.717) is 17.4 Å². The Bertz CT molecular complexity index is 582. The van der Waals surface area contributed by atoms with Gasteiger partial charge in [0.05, 0.1) is 0 Å². The lowest BCUT2D eigenvalue weighted by Gasteiger charge is -2.44. The van der Waals surface area contributed by atoms with Crippen molar-refractivity contribution in [2.24, 2.45) is 11.8 Å². The maximum absolute atomic E-state index is 9.61. The Morgan fingerprint density at radius 3 is 1.64 bits per heavy atom. The van der Waals surface area contributed by atoms with Crippen LogP contribution in [0.5, 0.6) is 11.5 Å². The molecular formula is C20H24O2. The molecule has 1 fully saturated rings. The maximum atomic E-state index is 9.61. The first-order valence-electron chi connectivity index (χ1n) is 8.10. The van der Waals surface area contributed by atoms with Crippen molar-refractivity contribution in [3.05, 3.63) is 59.7 Å². The van der Waals surface area contributed by atoms with Crippen molar-refractivity contribution >= 4 is 0 Å². The Morgan fingerprint density at radius 2 is 1.23 bits per heavy atom. The molecule has 1 aliphatic rings. The number of aromatic hydroxyl groups is 2. The van der Waals surface area contributed by atoms with Crippen molar-refractivity contribution in [2.45, 2.75) is 38.5 Å². The third-order valence-electron chi connectivity index (χ3n) is 5.51. The van der Waals surface area contributed by atoms with Gasteiger partial charge in [-0.15, -0.1) is 0 Å². The molecule has 22 heavy (non-hydrogen) atoms. The number of rotatable bonds is 2. The molecule has 2 atom stereocenters. The molecule has 0 aromatic heterocycles. The summed E-state index contributed by atoms with van der Waals surface area (Å²) < 4.78 is 0. The molecule has 0 spiro atoms. The average molecular weight is 296 g/mol. The van der Waals surface area contributed by atoms with Gasteiger partial charge in [-0.2, -0.15) is 0 Å². The number of phenols is 2. The Balaban J connectivity index is 2.09. The summed E-state index contributed by atoms with van der Waals surface area (Å²) in [4.78, 5) is 0. The van der Waals surface area contributed by atoms with Crippen LogP contribution in [0.15, 0.2) is 48.5 Å². The van der Waals surface area contributed by atoms with E-state index in [0.717, 1.165) is 18.8 Å². The quantitative estimate of drug-likeness (QED) is 0.832. The SMILES string of the molecule is C[C@@H]1CCC(c2ccc(O)cc2)(c2ccc(O)cc2)C[C@H]1C. The standard InChI is InChI=1S/C20H24O2/c1-14-11-12-20(13-15(14)2,16-3-7-18(21)8-4-16)17-5-9-19(22)10-6-17/h3-10,14-15,21-22H,11-13H2,1-2H3/t14-,15-/m1/s1. The molecule has 2 aromatic rings. The first kappa shape index (κ1) is 15.0. The van der Waals surface area contributed by atoms with E-state index in [-0.39, 0.29) is 5.41 Å². The summed E-state index contributed by atoms with van der Waals surface area (Å²) in [6.45, 7) is 4.67. The van der Waals surface area contributed by atoms with Crippen LogP contribution in [0.4, 0.5) is 0 Å². The van der Waals surface area contributed by atoms with E-state index in [2.05, 4.69) is 13.8 Å². The Morgan fingerprint density at radius 1 is 0.773 bits per heavy atom. The molecule has 0 amide bonds. The van der Waals surface area contributed by atoms with E-state index in [4.69, 9.17) is 0 Å². The van der Waals surface area contributed by atoms with Gasteiger partial charge in [-0.3, -0.25) is 0 Å². The van der Waals surface area contributed by atoms with Gasteiger partial charge in [0.2, 0.25) is 0 Å². The topological polar surface area (TPSA) is 40.5 Å². The second-order valence-electron chi connectivity index (χ2n) is 6.87. The highest BCUT2D eigenvalue weighted by molar-refractivity contribution is 5.43. The lowest BCUT2D eigenvalue weighted by atomic mass is 9.60. The largest absolute Gasteiger partial charge is 0.508 e. The molecule has 0 radical (unpaired) electrons. The molecule has 0 bridgehead atoms. The minimum atomic E-state index is -0.0205. The minimum absolute atomic E-state index is 0.0205. The molecule has 0 saturated heterocycles. The van der Waals surface area contributed by atoms with Crippen LogP contribution in [-0.2, 0) is 5.41 Å². The van der Waals surface area contributed by atoms with E-state index in [1.54, 1.807) is 24.3 Å². The number of benzene rings is 2. The summed E-state index contributed by atoms with van der Waals surface area (Å²) in [6.07, 6.45) is 3.40. The van der Waals surface area contributed by atoms with E-state index < -0.39 is 0 Å². The molecule has 1 aliphatic carbocycles. The summed E-state index contributed by atoms with van der Waals surface area (Å²) in [5, 5.41) is 19.2. The van der Waals surface area contributed by atoms with Crippen LogP contribution in [0.2, 0.25) is 0 Å². The maximum Gasteiger partial charge on any atom is 0.115 e. The lowest BCUT2D eigenvalue weighted by molar-refractivity contribution is 0.201. The molecule has 3 rings (SSSR count). The smallest absolute Gasteiger partial charge is 0.115 e. The number of phenolic OH excluding ortho intramolecular Hbond substituents is 2. The van der Waals surface area contributed by atoms with Crippen LogP contribution < -0.4 is 0 Å². The Labute approximate surface area is 132 Å². The minimum Gasteiger partial charge on any atom is -0.508 e. The summed E-state index contributed by atoms with van der Waals surface area (Å²) >= 11 is 0. The molecule has 2 N–H and O–H groups in total.